The predicted octanol–water partition coefficient (Wildman–Crippen LogP) is 1.90. The Bertz CT molecular complexity index is 321. The number of likely N-dealkylation sites (N-methyl/N-ethyl adjacent to an activating group) is 1. The van der Waals surface area contributed by atoms with Gasteiger partial charge in [-0.1, -0.05) is 6.07 Å². The van der Waals surface area contributed by atoms with Gasteiger partial charge >= 0.3 is 0 Å². The Morgan fingerprint density at radius 3 is 3.00 bits per heavy atom. The predicted molar refractivity (Wildman–Crippen MR) is 70.8 cm³/mol. The number of hydrogen-bond acceptors (Lipinski definition) is 3. The highest BCUT2D eigenvalue weighted by Gasteiger charge is 2.27. The van der Waals surface area contributed by atoms with Crippen molar-refractivity contribution in [1.82, 2.24) is 15.2 Å². The van der Waals surface area contributed by atoms with Gasteiger partial charge in [0.25, 0.3) is 0 Å². The molecule has 1 N–H and O–H groups in total. The van der Waals surface area contributed by atoms with Crippen LogP contribution in [0.25, 0.3) is 0 Å². The second-order valence-corrected chi connectivity index (χ2v) is 5.18. The summed E-state index contributed by atoms with van der Waals surface area (Å²) in [7, 11) is 2.16. The first-order valence-corrected chi connectivity index (χ1v) is 6.56. The van der Waals surface area contributed by atoms with Gasteiger partial charge in [-0.25, -0.2) is 0 Å². The van der Waals surface area contributed by atoms with Gasteiger partial charge in [0.05, 0.1) is 0 Å². The standard InChI is InChI=1S/C14H23N3/c1-12(14-5-6-14)16-8-9-17(2)11-13-4-3-7-15-10-13/h3-4,7,10,12,14,16H,5-6,8-9,11H2,1-2H3. The molecule has 1 aliphatic rings. The van der Waals surface area contributed by atoms with Gasteiger partial charge in [-0.05, 0) is 44.4 Å². The first-order valence-electron chi connectivity index (χ1n) is 6.56. The lowest BCUT2D eigenvalue weighted by Gasteiger charge is -2.19. The van der Waals surface area contributed by atoms with Crippen LogP contribution in [0.15, 0.2) is 24.5 Å². The van der Waals surface area contributed by atoms with E-state index in [1.807, 2.05) is 18.5 Å². The van der Waals surface area contributed by atoms with Crippen molar-refractivity contribution in [2.45, 2.75) is 32.4 Å². The molecule has 1 aromatic heterocycles. The number of nitrogens with zero attached hydrogens (tertiary/aromatic N) is 2. The maximum Gasteiger partial charge on any atom is 0.0312 e. The van der Waals surface area contributed by atoms with Gasteiger partial charge in [0.2, 0.25) is 0 Å². The molecule has 0 spiro atoms. The van der Waals surface area contributed by atoms with Crippen LogP contribution in [0.3, 0.4) is 0 Å². The molecule has 94 valence electrons. The normalized spacial score (nSPS) is 17.4. The van der Waals surface area contributed by atoms with Gasteiger partial charge in [0.15, 0.2) is 0 Å². The molecule has 1 saturated carbocycles. The molecule has 0 radical (unpaired) electrons. The van der Waals surface area contributed by atoms with Crippen LogP contribution >= 0.6 is 0 Å². The lowest BCUT2D eigenvalue weighted by molar-refractivity contribution is 0.314. The molecule has 0 aromatic carbocycles. The van der Waals surface area contributed by atoms with Crippen LogP contribution in [0, 0.1) is 5.92 Å². The molecule has 0 aliphatic heterocycles. The minimum Gasteiger partial charge on any atom is -0.313 e. The van der Waals surface area contributed by atoms with Crippen molar-refractivity contribution in [2.75, 3.05) is 20.1 Å². The Hall–Kier alpha value is -0.930. The van der Waals surface area contributed by atoms with Crippen molar-refractivity contribution >= 4 is 0 Å². The van der Waals surface area contributed by atoms with Gasteiger partial charge < -0.3 is 10.2 Å². The zero-order valence-corrected chi connectivity index (χ0v) is 10.9. The number of hydrogen-bond donors (Lipinski definition) is 1. The average Bonchev–Trinajstić information content (AvgIpc) is 3.14. The van der Waals surface area contributed by atoms with Crippen molar-refractivity contribution in [3.63, 3.8) is 0 Å². The van der Waals surface area contributed by atoms with E-state index in [0.717, 1.165) is 25.6 Å². The van der Waals surface area contributed by atoms with Crippen LogP contribution in [-0.2, 0) is 6.54 Å². The van der Waals surface area contributed by atoms with E-state index in [1.54, 1.807) is 0 Å². The van der Waals surface area contributed by atoms with E-state index in [0.29, 0.717) is 6.04 Å². The molecule has 0 amide bonds. The van der Waals surface area contributed by atoms with Gasteiger partial charge in [-0.15, -0.1) is 0 Å². The van der Waals surface area contributed by atoms with E-state index in [4.69, 9.17) is 0 Å². The maximum atomic E-state index is 4.14. The highest BCUT2D eigenvalue weighted by Crippen LogP contribution is 2.32. The van der Waals surface area contributed by atoms with Crippen LogP contribution in [0.1, 0.15) is 25.3 Å². The van der Waals surface area contributed by atoms with E-state index < -0.39 is 0 Å². The van der Waals surface area contributed by atoms with Crippen molar-refractivity contribution in [3.05, 3.63) is 30.1 Å². The van der Waals surface area contributed by atoms with E-state index in [-0.39, 0.29) is 0 Å². The summed E-state index contributed by atoms with van der Waals surface area (Å²) in [6.45, 7) is 5.45. The third kappa shape index (κ3) is 4.44. The van der Waals surface area contributed by atoms with Crippen molar-refractivity contribution in [3.8, 4) is 0 Å². The Labute approximate surface area is 104 Å². The molecule has 1 fully saturated rings. The van der Waals surface area contributed by atoms with Crippen LogP contribution in [0.4, 0.5) is 0 Å². The minimum atomic E-state index is 0.696. The van der Waals surface area contributed by atoms with Gasteiger partial charge in [0.1, 0.15) is 0 Å². The van der Waals surface area contributed by atoms with Crippen LogP contribution < -0.4 is 5.32 Å². The fourth-order valence-electron chi connectivity index (χ4n) is 2.13. The summed E-state index contributed by atoms with van der Waals surface area (Å²) >= 11 is 0. The molecular formula is C14H23N3. The van der Waals surface area contributed by atoms with E-state index in [9.17, 15) is 0 Å². The summed E-state index contributed by atoms with van der Waals surface area (Å²) < 4.78 is 0. The molecule has 0 saturated heterocycles. The number of nitrogens with one attached hydrogen (secondary N) is 1. The molecule has 1 heterocycles. The Morgan fingerprint density at radius 1 is 1.53 bits per heavy atom. The van der Waals surface area contributed by atoms with Gasteiger partial charge in [0, 0.05) is 38.1 Å². The van der Waals surface area contributed by atoms with Crippen molar-refractivity contribution in [2.24, 2.45) is 5.92 Å². The monoisotopic (exact) mass is 233 g/mol. The summed E-state index contributed by atoms with van der Waals surface area (Å²) in [5.41, 5.74) is 1.28. The third-order valence-corrected chi connectivity index (χ3v) is 3.46. The molecule has 1 aliphatic carbocycles. The molecule has 0 bridgehead atoms. The molecular weight excluding hydrogens is 210 g/mol. The van der Waals surface area contributed by atoms with Crippen molar-refractivity contribution < 1.29 is 0 Å². The fourth-order valence-corrected chi connectivity index (χ4v) is 2.13. The summed E-state index contributed by atoms with van der Waals surface area (Å²) in [5, 5.41) is 3.60. The number of pyridine rings is 1. The Balaban J connectivity index is 1.62. The molecule has 1 atom stereocenters. The number of rotatable bonds is 7. The van der Waals surface area contributed by atoms with E-state index >= 15 is 0 Å². The number of aromatic nitrogens is 1. The van der Waals surface area contributed by atoms with E-state index in [1.165, 1.54) is 18.4 Å². The molecule has 17 heavy (non-hydrogen) atoms. The second kappa shape index (κ2) is 6.12. The summed E-state index contributed by atoms with van der Waals surface area (Å²) in [6, 6.07) is 4.82. The zero-order chi connectivity index (χ0) is 12.1. The van der Waals surface area contributed by atoms with Crippen molar-refractivity contribution in [1.29, 1.82) is 0 Å². The van der Waals surface area contributed by atoms with Crippen LogP contribution in [0.5, 0.6) is 0 Å². The summed E-state index contributed by atoms with van der Waals surface area (Å²) in [5.74, 6) is 0.943. The molecule has 1 aromatic rings. The maximum absolute atomic E-state index is 4.14. The first kappa shape index (κ1) is 12.5. The van der Waals surface area contributed by atoms with E-state index in [2.05, 4.69) is 35.2 Å². The van der Waals surface area contributed by atoms with Gasteiger partial charge in [-0.3, -0.25) is 4.98 Å². The third-order valence-electron chi connectivity index (χ3n) is 3.46. The first-order chi connectivity index (χ1) is 8.25. The molecule has 3 heteroatoms. The average molecular weight is 233 g/mol. The highest BCUT2D eigenvalue weighted by atomic mass is 15.1. The SMILES string of the molecule is CC(NCCN(C)Cc1cccnc1)C1CC1. The lowest BCUT2D eigenvalue weighted by Crippen LogP contribution is -2.35. The Morgan fingerprint density at radius 2 is 2.35 bits per heavy atom. The van der Waals surface area contributed by atoms with Crippen LogP contribution in [0.2, 0.25) is 0 Å². The topological polar surface area (TPSA) is 28.2 Å². The molecule has 2 rings (SSSR count). The smallest absolute Gasteiger partial charge is 0.0312 e. The molecule has 1 unspecified atom stereocenters. The summed E-state index contributed by atoms with van der Waals surface area (Å²) in [6.07, 6.45) is 6.60. The molecule has 3 nitrogen and oxygen atoms in total. The summed E-state index contributed by atoms with van der Waals surface area (Å²) in [4.78, 5) is 6.47. The van der Waals surface area contributed by atoms with Gasteiger partial charge in [-0.2, -0.15) is 0 Å². The highest BCUT2D eigenvalue weighted by molar-refractivity contribution is 5.07. The lowest BCUT2D eigenvalue weighted by atomic mass is 10.2. The zero-order valence-electron chi connectivity index (χ0n) is 10.9. The second-order valence-electron chi connectivity index (χ2n) is 5.18. The minimum absolute atomic E-state index is 0.696. The van der Waals surface area contributed by atoms with Crippen LogP contribution in [-0.4, -0.2) is 36.1 Å². The fraction of sp³-hybridized carbons (Fsp3) is 0.643. The Kier molecular flexibility index (Phi) is 4.51. The quantitative estimate of drug-likeness (QED) is 0.779. The largest absolute Gasteiger partial charge is 0.313 e.